The van der Waals surface area contributed by atoms with E-state index in [0.29, 0.717) is 17.9 Å². The summed E-state index contributed by atoms with van der Waals surface area (Å²) in [5.41, 5.74) is 0.592. The average Bonchev–Trinajstić information content (AvgIpc) is 2.44. The first-order valence-electron chi connectivity index (χ1n) is 7.60. The van der Waals surface area contributed by atoms with Gasteiger partial charge in [-0.15, -0.1) is 0 Å². The molecular weight excluding hydrogens is 285 g/mol. The predicted molar refractivity (Wildman–Crippen MR) is 82.8 cm³/mol. The number of carbonyl (C=O) groups excluding carboxylic acids is 1. The van der Waals surface area contributed by atoms with E-state index in [2.05, 4.69) is 19.2 Å². The highest BCUT2D eigenvalue weighted by Crippen LogP contribution is 2.21. The number of benzene rings is 1. The Bertz CT molecular complexity index is 499. The van der Waals surface area contributed by atoms with Gasteiger partial charge in [0, 0.05) is 6.42 Å². The van der Waals surface area contributed by atoms with Gasteiger partial charge in [-0.1, -0.05) is 39.3 Å². The van der Waals surface area contributed by atoms with Crippen LogP contribution < -0.4 is 5.32 Å². The second-order valence-electron chi connectivity index (χ2n) is 5.89. The van der Waals surface area contributed by atoms with E-state index in [0.717, 1.165) is 6.42 Å². The van der Waals surface area contributed by atoms with Crippen molar-refractivity contribution in [3.63, 3.8) is 0 Å². The number of carbonyl (C=O) groups is 2. The van der Waals surface area contributed by atoms with Crippen molar-refractivity contribution in [2.45, 2.75) is 46.1 Å². The van der Waals surface area contributed by atoms with Crippen LogP contribution in [0.1, 0.15) is 51.6 Å². The molecule has 0 aliphatic rings. The molecule has 2 unspecified atom stereocenters. The number of hydrogen-bond donors (Lipinski definition) is 2. The highest BCUT2D eigenvalue weighted by Gasteiger charge is 2.21. The van der Waals surface area contributed by atoms with Gasteiger partial charge >= 0.3 is 5.97 Å². The summed E-state index contributed by atoms with van der Waals surface area (Å²) in [4.78, 5) is 23.2. The third kappa shape index (κ3) is 5.84. The SMILES string of the molecule is CCC(CC(=O)NC(CC(=O)O)c1ccc(F)cc1)C(C)C. The van der Waals surface area contributed by atoms with Gasteiger partial charge in [0.2, 0.25) is 5.91 Å². The fourth-order valence-electron chi connectivity index (χ4n) is 2.46. The Morgan fingerprint density at radius 1 is 1.18 bits per heavy atom. The van der Waals surface area contributed by atoms with E-state index in [9.17, 15) is 14.0 Å². The van der Waals surface area contributed by atoms with Gasteiger partial charge in [0.15, 0.2) is 0 Å². The van der Waals surface area contributed by atoms with Crippen molar-refractivity contribution in [2.24, 2.45) is 11.8 Å². The first-order chi connectivity index (χ1) is 10.3. The molecular formula is C17H24FNO3. The molecule has 0 aromatic heterocycles. The van der Waals surface area contributed by atoms with Gasteiger partial charge in [0.25, 0.3) is 0 Å². The lowest BCUT2D eigenvalue weighted by molar-refractivity contribution is -0.137. The topological polar surface area (TPSA) is 66.4 Å². The molecule has 2 atom stereocenters. The van der Waals surface area contributed by atoms with E-state index in [1.807, 2.05) is 6.92 Å². The molecule has 5 heteroatoms. The van der Waals surface area contributed by atoms with Crippen LogP contribution in [0.5, 0.6) is 0 Å². The van der Waals surface area contributed by atoms with E-state index < -0.39 is 17.8 Å². The van der Waals surface area contributed by atoms with Gasteiger partial charge in [-0.25, -0.2) is 4.39 Å². The second-order valence-corrected chi connectivity index (χ2v) is 5.89. The van der Waals surface area contributed by atoms with Crippen LogP contribution in [0.25, 0.3) is 0 Å². The molecule has 0 spiro atoms. The maximum absolute atomic E-state index is 13.0. The third-order valence-electron chi connectivity index (χ3n) is 3.90. The molecule has 1 rings (SSSR count). The molecule has 0 saturated carbocycles. The summed E-state index contributed by atoms with van der Waals surface area (Å²) < 4.78 is 13.0. The van der Waals surface area contributed by atoms with E-state index in [4.69, 9.17) is 5.11 Å². The van der Waals surface area contributed by atoms with E-state index >= 15 is 0 Å². The van der Waals surface area contributed by atoms with Crippen LogP contribution in [-0.2, 0) is 9.59 Å². The number of nitrogens with one attached hydrogen (secondary N) is 1. The Kier molecular flexibility index (Phi) is 7.02. The Morgan fingerprint density at radius 3 is 2.23 bits per heavy atom. The van der Waals surface area contributed by atoms with Crippen LogP contribution in [0.2, 0.25) is 0 Å². The fourth-order valence-corrected chi connectivity index (χ4v) is 2.46. The van der Waals surface area contributed by atoms with Crippen molar-refractivity contribution >= 4 is 11.9 Å². The molecule has 1 aromatic carbocycles. The van der Waals surface area contributed by atoms with Crippen LogP contribution in [0.4, 0.5) is 4.39 Å². The standard InChI is InChI=1S/C17H24FNO3/c1-4-12(11(2)3)9-16(20)19-15(10-17(21)22)13-5-7-14(18)8-6-13/h5-8,11-12,15H,4,9-10H2,1-3H3,(H,19,20)(H,21,22). The second kappa shape index (κ2) is 8.51. The number of hydrogen-bond acceptors (Lipinski definition) is 2. The molecule has 0 aliphatic carbocycles. The molecule has 2 N–H and O–H groups in total. The molecule has 0 fully saturated rings. The molecule has 1 amide bonds. The largest absolute Gasteiger partial charge is 0.481 e. The van der Waals surface area contributed by atoms with Gasteiger partial charge < -0.3 is 10.4 Å². The highest BCUT2D eigenvalue weighted by atomic mass is 19.1. The van der Waals surface area contributed by atoms with E-state index in [1.165, 1.54) is 24.3 Å². The molecule has 0 bridgehead atoms. The average molecular weight is 309 g/mol. The quantitative estimate of drug-likeness (QED) is 0.772. The van der Waals surface area contributed by atoms with E-state index in [1.54, 1.807) is 0 Å². The van der Waals surface area contributed by atoms with Gasteiger partial charge in [0.05, 0.1) is 12.5 Å². The Morgan fingerprint density at radius 2 is 1.77 bits per heavy atom. The van der Waals surface area contributed by atoms with Crippen molar-refractivity contribution in [1.29, 1.82) is 0 Å². The summed E-state index contributed by atoms with van der Waals surface area (Å²) in [7, 11) is 0. The normalized spacial score (nSPS) is 13.7. The zero-order valence-corrected chi connectivity index (χ0v) is 13.3. The summed E-state index contributed by atoms with van der Waals surface area (Å²) in [5.74, 6) is -0.921. The Labute approximate surface area is 130 Å². The first-order valence-corrected chi connectivity index (χ1v) is 7.60. The molecule has 0 radical (unpaired) electrons. The van der Waals surface area contributed by atoms with Crippen molar-refractivity contribution in [2.75, 3.05) is 0 Å². The molecule has 0 aliphatic heterocycles. The minimum absolute atomic E-state index is 0.170. The van der Waals surface area contributed by atoms with E-state index in [-0.39, 0.29) is 18.2 Å². The van der Waals surface area contributed by atoms with Crippen LogP contribution in [0.15, 0.2) is 24.3 Å². The summed E-state index contributed by atoms with van der Waals surface area (Å²) in [6, 6.07) is 4.89. The molecule has 122 valence electrons. The van der Waals surface area contributed by atoms with Crippen LogP contribution in [0, 0.1) is 17.7 Å². The minimum atomic E-state index is -1.01. The lowest BCUT2D eigenvalue weighted by atomic mass is 9.89. The molecule has 22 heavy (non-hydrogen) atoms. The summed E-state index contributed by atoms with van der Waals surface area (Å²) in [6.45, 7) is 6.17. The lowest BCUT2D eigenvalue weighted by Crippen LogP contribution is -2.32. The highest BCUT2D eigenvalue weighted by molar-refractivity contribution is 5.78. The number of carboxylic acids is 1. The number of carboxylic acid groups (broad SMARTS) is 1. The zero-order chi connectivity index (χ0) is 16.7. The fraction of sp³-hybridized carbons (Fsp3) is 0.529. The van der Waals surface area contributed by atoms with Crippen molar-refractivity contribution in [3.05, 3.63) is 35.6 Å². The van der Waals surface area contributed by atoms with Crippen LogP contribution in [-0.4, -0.2) is 17.0 Å². The first kappa shape index (κ1) is 18.1. The maximum Gasteiger partial charge on any atom is 0.305 e. The zero-order valence-electron chi connectivity index (χ0n) is 13.3. The van der Waals surface area contributed by atoms with Crippen LogP contribution in [0.3, 0.4) is 0 Å². The van der Waals surface area contributed by atoms with Gasteiger partial charge in [-0.2, -0.15) is 0 Å². The third-order valence-corrected chi connectivity index (χ3v) is 3.90. The minimum Gasteiger partial charge on any atom is -0.481 e. The Balaban J connectivity index is 2.78. The van der Waals surface area contributed by atoms with Gasteiger partial charge in [-0.05, 0) is 29.5 Å². The van der Waals surface area contributed by atoms with Crippen LogP contribution >= 0.6 is 0 Å². The molecule has 0 heterocycles. The molecule has 0 saturated heterocycles. The van der Waals surface area contributed by atoms with Gasteiger partial charge in [0.1, 0.15) is 5.82 Å². The lowest BCUT2D eigenvalue weighted by Gasteiger charge is -2.22. The number of halogens is 1. The smallest absolute Gasteiger partial charge is 0.305 e. The monoisotopic (exact) mass is 309 g/mol. The number of rotatable bonds is 8. The number of amides is 1. The Hall–Kier alpha value is -1.91. The number of aliphatic carboxylic acids is 1. The van der Waals surface area contributed by atoms with Gasteiger partial charge in [-0.3, -0.25) is 9.59 Å². The van der Waals surface area contributed by atoms with Crippen molar-refractivity contribution in [1.82, 2.24) is 5.32 Å². The summed E-state index contributed by atoms with van der Waals surface area (Å²) >= 11 is 0. The maximum atomic E-state index is 13.0. The summed E-state index contributed by atoms with van der Waals surface area (Å²) in [6.07, 6.45) is 1.03. The summed E-state index contributed by atoms with van der Waals surface area (Å²) in [5, 5.41) is 11.8. The van der Waals surface area contributed by atoms with Crippen molar-refractivity contribution < 1.29 is 19.1 Å². The van der Waals surface area contributed by atoms with Crippen molar-refractivity contribution in [3.8, 4) is 0 Å². The molecule has 4 nitrogen and oxygen atoms in total. The predicted octanol–water partition coefficient (Wildman–Crippen LogP) is 3.53. The molecule has 1 aromatic rings.